The van der Waals surface area contributed by atoms with Gasteiger partial charge >= 0.3 is 12.1 Å². The number of allylic oxidation sites excluding steroid dienone is 1. The molecule has 8 heteroatoms. The quantitative estimate of drug-likeness (QED) is 0.327. The molecule has 0 unspecified atom stereocenters. The molecule has 3 nitrogen and oxygen atoms in total. The smallest absolute Gasteiger partial charge is 0.429 e. The topological polar surface area (TPSA) is 35.5 Å². The molecule has 0 saturated heterocycles. The van der Waals surface area contributed by atoms with E-state index >= 15 is 0 Å². The van der Waals surface area contributed by atoms with Crippen LogP contribution in [0.15, 0.2) is 42.5 Å². The highest BCUT2D eigenvalue weighted by molar-refractivity contribution is 5.90. The normalized spacial score (nSPS) is 12.0. The minimum absolute atomic E-state index is 0.339. The van der Waals surface area contributed by atoms with Crippen molar-refractivity contribution in [2.24, 2.45) is 0 Å². The summed E-state index contributed by atoms with van der Waals surface area (Å²) < 4.78 is 76.6. The lowest BCUT2D eigenvalue weighted by Crippen LogP contribution is -2.24. The van der Waals surface area contributed by atoms with E-state index in [4.69, 9.17) is 0 Å². The summed E-state index contributed by atoms with van der Waals surface area (Å²) in [6.07, 6.45) is -3.02. The van der Waals surface area contributed by atoms with Gasteiger partial charge in [-0.2, -0.15) is 8.78 Å². The van der Waals surface area contributed by atoms with Crippen molar-refractivity contribution in [1.82, 2.24) is 0 Å². The van der Waals surface area contributed by atoms with Gasteiger partial charge in [-0.3, -0.25) is 0 Å². The first-order chi connectivity index (χ1) is 12.2. The third-order valence-corrected chi connectivity index (χ3v) is 3.44. The second-order valence-corrected chi connectivity index (χ2v) is 5.22. The minimum Gasteiger partial charge on any atom is -0.466 e. The molecule has 0 bridgehead atoms. The van der Waals surface area contributed by atoms with Crippen LogP contribution in [0.5, 0.6) is 5.75 Å². The number of alkyl halides is 2. The number of benzene rings is 2. The first-order valence-corrected chi connectivity index (χ1v) is 7.23. The van der Waals surface area contributed by atoms with E-state index in [1.807, 2.05) is 0 Å². The summed E-state index contributed by atoms with van der Waals surface area (Å²) in [7, 11) is 1.21. The van der Waals surface area contributed by atoms with Gasteiger partial charge in [0.1, 0.15) is 11.3 Å². The number of halogens is 5. The van der Waals surface area contributed by atoms with Crippen molar-refractivity contribution < 1.29 is 36.2 Å². The number of hydrogen-bond acceptors (Lipinski definition) is 3. The van der Waals surface area contributed by atoms with Crippen molar-refractivity contribution in [3.63, 3.8) is 0 Å². The van der Waals surface area contributed by atoms with E-state index in [0.29, 0.717) is 23.3 Å². The predicted molar refractivity (Wildman–Crippen MR) is 82.9 cm³/mol. The van der Waals surface area contributed by atoms with E-state index in [0.717, 1.165) is 12.1 Å². The number of carbonyl (C=O) groups excluding carboxylic acids is 1. The highest BCUT2D eigenvalue weighted by Crippen LogP contribution is 2.34. The first-order valence-electron chi connectivity index (χ1n) is 7.23. The monoisotopic (exact) mass is 372 g/mol. The fourth-order valence-corrected chi connectivity index (χ4v) is 2.06. The minimum atomic E-state index is -4.23. The molecule has 0 atom stereocenters. The molecule has 138 valence electrons. The highest BCUT2D eigenvalue weighted by atomic mass is 19.3. The molecule has 0 radical (unpaired) electrons. The molecule has 0 N–H and O–H groups in total. The molecule has 0 saturated carbocycles. The maximum absolute atomic E-state index is 14.1. The van der Waals surface area contributed by atoms with Crippen LogP contribution in [0.25, 0.3) is 5.57 Å². The Morgan fingerprint density at radius 1 is 1.00 bits per heavy atom. The molecule has 26 heavy (non-hydrogen) atoms. The van der Waals surface area contributed by atoms with Crippen molar-refractivity contribution in [3.8, 4) is 5.75 Å². The van der Waals surface area contributed by atoms with Crippen LogP contribution in [-0.2, 0) is 15.6 Å². The van der Waals surface area contributed by atoms with E-state index in [-0.39, 0.29) is 5.75 Å². The lowest BCUT2D eigenvalue weighted by molar-refractivity contribution is -0.187. The second kappa shape index (κ2) is 7.55. The van der Waals surface area contributed by atoms with Crippen LogP contribution in [-0.4, -0.2) is 13.1 Å². The van der Waals surface area contributed by atoms with Gasteiger partial charge in [0.05, 0.1) is 7.11 Å². The van der Waals surface area contributed by atoms with Crippen LogP contribution in [0, 0.1) is 17.5 Å². The van der Waals surface area contributed by atoms with Gasteiger partial charge in [0.2, 0.25) is 0 Å². The Bertz CT molecular complexity index is 845. The second-order valence-electron chi connectivity index (χ2n) is 5.22. The predicted octanol–water partition coefficient (Wildman–Crippen LogP) is 4.81. The third kappa shape index (κ3) is 4.19. The van der Waals surface area contributed by atoms with Crippen LogP contribution < -0.4 is 4.74 Å². The number of hydrogen-bond donors (Lipinski definition) is 0. The molecule has 0 spiro atoms. The van der Waals surface area contributed by atoms with E-state index < -0.39 is 35.1 Å². The molecular weight excluding hydrogens is 359 g/mol. The Kier molecular flexibility index (Phi) is 5.64. The summed E-state index contributed by atoms with van der Waals surface area (Å²) in [6, 6.07) is 5.90. The summed E-state index contributed by atoms with van der Waals surface area (Å²) in [4.78, 5) is 11.2. The molecule has 0 aliphatic carbocycles. The fourth-order valence-electron chi connectivity index (χ4n) is 2.06. The Morgan fingerprint density at radius 3 is 2.19 bits per heavy atom. The SMILES string of the molecule is COC(=O)/C=C(/C)c1ccc(OC(F)(F)c2ccc(F)c(F)c2F)cc1. The number of methoxy groups -OCH3 is 1. The van der Waals surface area contributed by atoms with E-state index in [9.17, 15) is 26.7 Å². The van der Waals surface area contributed by atoms with Gasteiger partial charge in [-0.25, -0.2) is 18.0 Å². The summed E-state index contributed by atoms with van der Waals surface area (Å²) in [6.45, 7) is 1.61. The molecule has 2 rings (SSSR count). The van der Waals surface area contributed by atoms with E-state index in [1.54, 1.807) is 6.92 Å². The summed E-state index contributed by atoms with van der Waals surface area (Å²) >= 11 is 0. The van der Waals surface area contributed by atoms with Gasteiger partial charge in [-0.15, -0.1) is 0 Å². The molecule has 2 aromatic rings. The van der Waals surface area contributed by atoms with Gasteiger partial charge in [0.25, 0.3) is 0 Å². The van der Waals surface area contributed by atoms with Crippen molar-refractivity contribution in [3.05, 3.63) is 71.1 Å². The van der Waals surface area contributed by atoms with Crippen molar-refractivity contribution in [2.75, 3.05) is 7.11 Å². The molecule has 0 aliphatic rings. The van der Waals surface area contributed by atoms with Crippen LogP contribution in [0.3, 0.4) is 0 Å². The zero-order valence-corrected chi connectivity index (χ0v) is 13.7. The van der Waals surface area contributed by atoms with Crippen LogP contribution in [0.4, 0.5) is 22.0 Å². The Balaban J connectivity index is 2.24. The Hall–Kier alpha value is -2.90. The average molecular weight is 372 g/mol. The summed E-state index contributed by atoms with van der Waals surface area (Å²) in [5.74, 6) is -6.54. The zero-order chi connectivity index (χ0) is 19.5. The van der Waals surface area contributed by atoms with Crippen LogP contribution in [0.1, 0.15) is 18.1 Å². The van der Waals surface area contributed by atoms with E-state index in [2.05, 4.69) is 9.47 Å². The van der Waals surface area contributed by atoms with Gasteiger partial charge in [0.15, 0.2) is 17.5 Å². The van der Waals surface area contributed by atoms with Gasteiger partial charge in [-0.1, -0.05) is 12.1 Å². The molecule has 0 fully saturated rings. The average Bonchev–Trinajstić information content (AvgIpc) is 2.59. The number of esters is 1. The Morgan fingerprint density at radius 2 is 1.62 bits per heavy atom. The first kappa shape index (κ1) is 19.4. The van der Waals surface area contributed by atoms with Crippen LogP contribution >= 0.6 is 0 Å². The molecule has 0 aromatic heterocycles. The van der Waals surface area contributed by atoms with Gasteiger partial charge in [0, 0.05) is 6.08 Å². The van der Waals surface area contributed by atoms with Gasteiger partial charge in [-0.05, 0) is 42.3 Å². The number of carbonyl (C=O) groups is 1. The molecule has 0 heterocycles. The molecule has 0 aliphatic heterocycles. The molecule has 2 aromatic carbocycles. The lowest BCUT2D eigenvalue weighted by atomic mass is 10.1. The standard InChI is InChI=1S/C18H13F5O3/c1-10(9-15(24)25-2)11-3-5-12(6-4-11)26-18(22,23)13-7-8-14(19)17(21)16(13)20/h3-9H,1-2H3/b10-9-. The molecule has 0 amide bonds. The van der Waals surface area contributed by atoms with Crippen molar-refractivity contribution in [2.45, 2.75) is 13.0 Å². The maximum Gasteiger partial charge on any atom is 0.429 e. The lowest BCUT2D eigenvalue weighted by Gasteiger charge is -2.19. The van der Waals surface area contributed by atoms with Gasteiger partial charge < -0.3 is 9.47 Å². The largest absolute Gasteiger partial charge is 0.466 e. The maximum atomic E-state index is 14.1. The fraction of sp³-hybridized carbons (Fsp3) is 0.167. The number of rotatable bonds is 5. The Labute approximate surface area is 145 Å². The zero-order valence-electron chi connectivity index (χ0n) is 13.7. The third-order valence-electron chi connectivity index (χ3n) is 3.44. The van der Waals surface area contributed by atoms with Crippen molar-refractivity contribution >= 4 is 11.5 Å². The summed E-state index contributed by atoms with van der Waals surface area (Å²) in [5.41, 5.74) is -0.380. The highest BCUT2D eigenvalue weighted by Gasteiger charge is 2.39. The number of ether oxygens (including phenoxy) is 2. The van der Waals surface area contributed by atoms with Crippen LogP contribution in [0.2, 0.25) is 0 Å². The summed E-state index contributed by atoms with van der Waals surface area (Å²) in [5, 5.41) is 0. The molecular formula is C18H13F5O3. The van der Waals surface area contributed by atoms with E-state index in [1.165, 1.54) is 25.3 Å². The van der Waals surface area contributed by atoms with Crippen molar-refractivity contribution in [1.29, 1.82) is 0 Å².